The second-order valence-electron chi connectivity index (χ2n) is 6.09. The molecule has 0 amide bonds. The number of piperidine rings is 1. The summed E-state index contributed by atoms with van der Waals surface area (Å²) in [4.78, 5) is 2.76. The van der Waals surface area contributed by atoms with Crippen molar-refractivity contribution in [1.29, 1.82) is 0 Å². The zero-order valence-electron chi connectivity index (χ0n) is 12.7. The lowest BCUT2D eigenvalue weighted by Gasteiger charge is -2.37. The van der Waals surface area contributed by atoms with E-state index in [0.717, 1.165) is 38.3 Å². The molecule has 0 radical (unpaired) electrons. The number of rotatable bonds is 9. The highest BCUT2D eigenvalue weighted by molar-refractivity contribution is 4.89. The maximum atomic E-state index is 5.35. The molecular formula is C16H32N2O. The molecule has 1 saturated heterocycles. The van der Waals surface area contributed by atoms with Gasteiger partial charge in [0.15, 0.2) is 0 Å². The molecule has 2 atom stereocenters. The van der Waals surface area contributed by atoms with Gasteiger partial charge in [0.05, 0.1) is 0 Å². The van der Waals surface area contributed by atoms with E-state index in [1.165, 1.54) is 58.0 Å². The molecule has 0 bridgehead atoms. The van der Waals surface area contributed by atoms with E-state index in [1.807, 2.05) is 0 Å². The third kappa shape index (κ3) is 5.05. The molecule has 1 aliphatic heterocycles. The molecule has 2 unspecified atom stereocenters. The molecule has 112 valence electrons. The summed E-state index contributed by atoms with van der Waals surface area (Å²) in [6.07, 6.45) is 9.77. The lowest BCUT2D eigenvalue weighted by atomic mass is 9.92. The molecule has 3 nitrogen and oxygen atoms in total. The standard InChI is InChI=1S/C16H32N2O/c1-2-19-14-4-3-10-17-11-13-18-12-6-8-15-7-5-9-16(15)18/h15-17H,2-14H2,1H3. The highest BCUT2D eigenvalue weighted by Gasteiger charge is 2.34. The van der Waals surface area contributed by atoms with Crippen LogP contribution in [0.3, 0.4) is 0 Å². The van der Waals surface area contributed by atoms with E-state index in [4.69, 9.17) is 4.74 Å². The number of unbranched alkanes of at least 4 members (excludes halogenated alkanes) is 1. The van der Waals surface area contributed by atoms with Gasteiger partial charge in [-0.2, -0.15) is 0 Å². The third-order valence-electron chi connectivity index (χ3n) is 4.78. The van der Waals surface area contributed by atoms with Crippen molar-refractivity contribution in [3.05, 3.63) is 0 Å². The van der Waals surface area contributed by atoms with Crippen LogP contribution in [0.4, 0.5) is 0 Å². The summed E-state index contributed by atoms with van der Waals surface area (Å²) >= 11 is 0. The van der Waals surface area contributed by atoms with Gasteiger partial charge >= 0.3 is 0 Å². The van der Waals surface area contributed by atoms with E-state index in [9.17, 15) is 0 Å². The van der Waals surface area contributed by atoms with Crippen LogP contribution in [0.25, 0.3) is 0 Å². The Hall–Kier alpha value is -0.120. The fourth-order valence-corrected chi connectivity index (χ4v) is 3.78. The zero-order chi connectivity index (χ0) is 13.3. The molecule has 2 rings (SSSR count). The van der Waals surface area contributed by atoms with Crippen LogP contribution in [-0.2, 0) is 4.74 Å². The van der Waals surface area contributed by atoms with Crippen molar-refractivity contribution in [1.82, 2.24) is 10.2 Å². The van der Waals surface area contributed by atoms with Gasteiger partial charge in [0.25, 0.3) is 0 Å². The van der Waals surface area contributed by atoms with Gasteiger partial charge < -0.3 is 10.1 Å². The Balaban J connectivity index is 1.48. The van der Waals surface area contributed by atoms with Gasteiger partial charge in [-0.1, -0.05) is 6.42 Å². The molecule has 1 N–H and O–H groups in total. The van der Waals surface area contributed by atoms with E-state index >= 15 is 0 Å². The van der Waals surface area contributed by atoms with Gasteiger partial charge in [0, 0.05) is 32.3 Å². The number of likely N-dealkylation sites (tertiary alicyclic amines) is 1. The molecule has 3 heteroatoms. The van der Waals surface area contributed by atoms with Crippen molar-refractivity contribution < 1.29 is 4.74 Å². The molecule has 1 aliphatic carbocycles. The first-order valence-corrected chi connectivity index (χ1v) is 8.44. The second-order valence-corrected chi connectivity index (χ2v) is 6.09. The minimum Gasteiger partial charge on any atom is -0.382 e. The monoisotopic (exact) mass is 268 g/mol. The largest absolute Gasteiger partial charge is 0.382 e. The van der Waals surface area contributed by atoms with E-state index in [2.05, 4.69) is 17.1 Å². The average Bonchev–Trinajstić information content (AvgIpc) is 2.91. The van der Waals surface area contributed by atoms with Crippen molar-refractivity contribution in [3.8, 4) is 0 Å². The summed E-state index contributed by atoms with van der Waals surface area (Å²) < 4.78 is 5.35. The summed E-state index contributed by atoms with van der Waals surface area (Å²) in [7, 11) is 0. The molecule has 1 saturated carbocycles. The average molecular weight is 268 g/mol. The normalized spacial score (nSPS) is 27.6. The van der Waals surface area contributed by atoms with Crippen molar-refractivity contribution in [3.63, 3.8) is 0 Å². The maximum absolute atomic E-state index is 5.35. The van der Waals surface area contributed by atoms with Crippen LogP contribution in [0.1, 0.15) is 51.9 Å². The van der Waals surface area contributed by atoms with Gasteiger partial charge in [-0.15, -0.1) is 0 Å². The van der Waals surface area contributed by atoms with Crippen molar-refractivity contribution in [2.75, 3.05) is 39.4 Å². The number of nitrogens with zero attached hydrogens (tertiary/aromatic N) is 1. The first kappa shape index (κ1) is 15.3. The molecule has 2 fully saturated rings. The van der Waals surface area contributed by atoms with Crippen LogP contribution in [-0.4, -0.2) is 50.3 Å². The molecule has 0 spiro atoms. The highest BCUT2D eigenvalue weighted by atomic mass is 16.5. The van der Waals surface area contributed by atoms with Gasteiger partial charge in [-0.3, -0.25) is 4.90 Å². The predicted molar refractivity (Wildman–Crippen MR) is 80.5 cm³/mol. The number of nitrogens with one attached hydrogen (secondary N) is 1. The van der Waals surface area contributed by atoms with Gasteiger partial charge in [0.1, 0.15) is 0 Å². The molecule has 1 heterocycles. The topological polar surface area (TPSA) is 24.5 Å². The molecule has 19 heavy (non-hydrogen) atoms. The van der Waals surface area contributed by atoms with E-state index in [1.54, 1.807) is 0 Å². The Morgan fingerprint density at radius 3 is 2.89 bits per heavy atom. The Morgan fingerprint density at radius 2 is 2.00 bits per heavy atom. The SMILES string of the molecule is CCOCCCCNCCN1CCCC2CCCC21. The highest BCUT2D eigenvalue weighted by Crippen LogP contribution is 2.36. The molecule has 0 aromatic heterocycles. The van der Waals surface area contributed by atoms with Crippen LogP contribution < -0.4 is 5.32 Å². The Bertz CT molecular complexity index is 235. The van der Waals surface area contributed by atoms with Gasteiger partial charge in [-0.25, -0.2) is 0 Å². The van der Waals surface area contributed by atoms with Crippen molar-refractivity contribution >= 4 is 0 Å². The maximum Gasteiger partial charge on any atom is 0.0466 e. The lowest BCUT2D eigenvalue weighted by Crippen LogP contribution is -2.45. The quantitative estimate of drug-likeness (QED) is 0.651. The summed E-state index contributed by atoms with van der Waals surface area (Å²) in [5, 5.41) is 3.59. The number of hydrogen-bond donors (Lipinski definition) is 1. The Labute approximate surface area is 119 Å². The molecule has 0 aromatic rings. The Morgan fingerprint density at radius 1 is 1.11 bits per heavy atom. The van der Waals surface area contributed by atoms with E-state index < -0.39 is 0 Å². The predicted octanol–water partition coefficient (Wildman–Crippen LogP) is 2.66. The van der Waals surface area contributed by atoms with Gasteiger partial charge in [-0.05, 0) is 64.5 Å². The fraction of sp³-hybridized carbons (Fsp3) is 1.00. The van der Waals surface area contributed by atoms with Crippen LogP contribution >= 0.6 is 0 Å². The van der Waals surface area contributed by atoms with Gasteiger partial charge in [0.2, 0.25) is 0 Å². The molecule has 2 aliphatic rings. The first-order valence-electron chi connectivity index (χ1n) is 8.44. The summed E-state index contributed by atoms with van der Waals surface area (Å²) in [6, 6.07) is 0.925. The van der Waals surface area contributed by atoms with Crippen LogP contribution in [0, 0.1) is 5.92 Å². The molecular weight excluding hydrogens is 236 g/mol. The summed E-state index contributed by atoms with van der Waals surface area (Å²) in [5.41, 5.74) is 0. The van der Waals surface area contributed by atoms with Crippen molar-refractivity contribution in [2.45, 2.75) is 57.9 Å². The number of hydrogen-bond acceptors (Lipinski definition) is 3. The Kier molecular flexibility index (Phi) is 7.18. The van der Waals surface area contributed by atoms with Crippen LogP contribution in [0.5, 0.6) is 0 Å². The van der Waals surface area contributed by atoms with E-state index in [0.29, 0.717) is 0 Å². The van der Waals surface area contributed by atoms with Crippen LogP contribution in [0.15, 0.2) is 0 Å². The minimum atomic E-state index is 0.852. The van der Waals surface area contributed by atoms with Crippen molar-refractivity contribution in [2.24, 2.45) is 5.92 Å². The second kappa shape index (κ2) is 8.93. The number of fused-ring (bicyclic) bond motifs is 1. The summed E-state index contributed by atoms with van der Waals surface area (Å²) in [6.45, 7) is 8.75. The summed E-state index contributed by atoms with van der Waals surface area (Å²) in [5.74, 6) is 1.03. The fourth-order valence-electron chi connectivity index (χ4n) is 3.78. The zero-order valence-corrected chi connectivity index (χ0v) is 12.7. The minimum absolute atomic E-state index is 0.852. The molecule has 0 aromatic carbocycles. The van der Waals surface area contributed by atoms with Crippen LogP contribution in [0.2, 0.25) is 0 Å². The smallest absolute Gasteiger partial charge is 0.0466 e. The number of ether oxygens (including phenoxy) is 1. The third-order valence-corrected chi connectivity index (χ3v) is 4.78. The van der Waals surface area contributed by atoms with E-state index in [-0.39, 0.29) is 0 Å². The lowest BCUT2D eigenvalue weighted by molar-refractivity contribution is 0.114. The first-order chi connectivity index (χ1) is 9.42.